The van der Waals surface area contributed by atoms with Crippen molar-refractivity contribution in [1.29, 1.82) is 0 Å². The minimum Gasteiger partial charge on any atom is -0.478 e. The summed E-state index contributed by atoms with van der Waals surface area (Å²) in [5.74, 6) is -1.08. The first-order valence-electron chi connectivity index (χ1n) is 6.06. The van der Waals surface area contributed by atoms with Gasteiger partial charge in [0.25, 0.3) is 10.0 Å². The van der Waals surface area contributed by atoms with Crippen molar-refractivity contribution >= 4 is 22.0 Å². The van der Waals surface area contributed by atoms with E-state index < -0.39 is 22.0 Å². The highest BCUT2D eigenvalue weighted by Crippen LogP contribution is 2.25. The van der Waals surface area contributed by atoms with Gasteiger partial charge < -0.3 is 10.8 Å². The zero-order valence-electron chi connectivity index (χ0n) is 11.2. The fourth-order valence-electron chi connectivity index (χ4n) is 1.93. The molecule has 0 saturated heterocycles. The van der Waals surface area contributed by atoms with Crippen LogP contribution < -0.4 is 10.5 Å². The Kier molecular flexibility index (Phi) is 4.13. The average molecular weight is 320 g/mol. The maximum Gasteiger partial charge on any atom is 0.336 e. The number of hydrogen-bond acceptors (Lipinski definition) is 4. The van der Waals surface area contributed by atoms with Crippen molar-refractivity contribution in [2.45, 2.75) is 4.90 Å². The molecule has 22 heavy (non-hydrogen) atoms. The first-order valence-corrected chi connectivity index (χ1v) is 7.54. The number of hydrogen-bond donors (Lipinski definition) is 3. The first-order chi connectivity index (χ1) is 10.3. The van der Waals surface area contributed by atoms with E-state index in [2.05, 4.69) is 0 Å². The largest absolute Gasteiger partial charge is 0.478 e. The molecule has 114 valence electrons. The van der Waals surface area contributed by atoms with Crippen LogP contribution in [0.4, 0.5) is 4.79 Å². The van der Waals surface area contributed by atoms with E-state index in [-0.39, 0.29) is 10.5 Å². The molecule has 0 aromatic heterocycles. The summed E-state index contributed by atoms with van der Waals surface area (Å²) in [5.41, 5.74) is 5.90. The number of rotatable bonds is 4. The van der Waals surface area contributed by atoms with Gasteiger partial charge in [-0.1, -0.05) is 30.3 Å². The van der Waals surface area contributed by atoms with Crippen molar-refractivity contribution in [3.8, 4) is 11.1 Å². The molecule has 2 rings (SSSR count). The van der Waals surface area contributed by atoms with Gasteiger partial charge in [-0.3, -0.25) is 0 Å². The molecule has 0 heterocycles. The van der Waals surface area contributed by atoms with E-state index in [1.165, 1.54) is 30.3 Å². The van der Waals surface area contributed by atoms with Crippen LogP contribution in [0.2, 0.25) is 0 Å². The van der Waals surface area contributed by atoms with E-state index in [4.69, 9.17) is 10.8 Å². The fraction of sp³-hybridized carbons (Fsp3) is 0. The second-order valence-corrected chi connectivity index (χ2v) is 6.03. The third kappa shape index (κ3) is 3.23. The van der Waals surface area contributed by atoms with Gasteiger partial charge in [-0.2, -0.15) is 0 Å². The standard InChI is InChI=1S/C14H12N2O5S/c15-14(19)16-22(20,21)10-7-5-9(6-8-10)11-3-1-2-4-12(11)13(17)18/h1-8H,(H,17,18)(H3,15,16,19). The highest BCUT2D eigenvalue weighted by Gasteiger charge is 2.16. The van der Waals surface area contributed by atoms with Crippen LogP contribution in [-0.2, 0) is 10.0 Å². The summed E-state index contributed by atoms with van der Waals surface area (Å²) in [6.45, 7) is 0. The van der Waals surface area contributed by atoms with Crippen molar-refractivity contribution < 1.29 is 23.1 Å². The lowest BCUT2D eigenvalue weighted by Crippen LogP contribution is -2.34. The van der Waals surface area contributed by atoms with E-state index in [9.17, 15) is 18.0 Å². The fourth-order valence-corrected chi connectivity index (χ4v) is 2.80. The molecule has 0 aliphatic heterocycles. The maximum atomic E-state index is 11.8. The van der Waals surface area contributed by atoms with Crippen LogP contribution >= 0.6 is 0 Å². The Labute approximate surface area is 126 Å². The molecule has 0 atom stereocenters. The summed E-state index contributed by atoms with van der Waals surface area (Å²) >= 11 is 0. The number of carboxylic acids is 1. The highest BCUT2D eigenvalue weighted by atomic mass is 32.2. The van der Waals surface area contributed by atoms with Gasteiger partial charge >= 0.3 is 12.0 Å². The van der Waals surface area contributed by atoms with Crippen LogP contribution in [0.15, 0.2) is 53.4 Å². The maximum absolute atomic E-state index is 11.8. The molecule has 7 nitrogen and oxygen atoms in total. The molecule has 0 aliphatic carbocycles. The number of primary amides is 1. The lowest BCUT2D eigenvalue weighted by molar-refractivity contribution is 0.0697. The lowest BCUT2D eigenvalue weighted by atomic mass is 10.00. The topological polar surface area (TPSA) is 127 Å². The lowest BCUT2D eigenvalue weighted by Gasteiger charge is -2.08. The normalized spacial score (nSPS) is 10.9. The SMILES string of the molecule is NC(=O)NS(=O)(=O)c1ccc(-c2ccccc2C(=O)O)cc1. The molecule has 0 spiro atoms. The number of sulfonamides is 1. The summed E-state index contributed by atoms with van der Waals surface area (Å²) in [5, 5.41) is 9.15. The zero-order valence-corrected chi connectivity index (χ0v) is 12.0. The number of benzene rings is 2. The van der Waals surface area contributed by atoms with Gasteiger partial charge in [-0.15, -0.1) is 0 Å². The van der Waals surface area contributed by atoms with Crippen molar-refractivity contribution in [2.75, 3.05) is 0 Å². The molecular weight excluding hydrogens is 308 g/mol. The Morgan fingerprint density at radius 1 is 1.00 bits per heavy atom. The monoisotopic (exact) mass is 320 g/mol. The molecule has 0 bridgehead atoms. The Morgan fingerprint density at radius 3 is 2.14 bits per heavy atom. The Balaban J connectivity index is 2.42. The molecule has 2 aromatic carbocycles. The van der Waals surface area contributed by atoms with E-state index in [1.807, 2.05) is 0 Å². The molecule has 4 N–H and O–H groups in total. The quantitative estimate of drug-likeness (QED) is 0.785. The summed E-state index contributed by atoms with van der Waals surface area (Å²) < 4.78 is 25.2. The minimum absolute atomic E-state index is 0.105. The average Bonchev–Trinajstić information content (AvgIpc) is 2.46. The van der Waals surface area contributed by atoms with Crippen LogP contribution in [0, 0.1) is 0 Å². The summed E-state index contributed by atoms with van der Waals surface area (Å²) in [6.07, 6.45) is 0. The molecule has 0 radical (unpaired) electrons. The molecule has 0 saturated carbocycles. The Morgan fingerprint density at radius 2 is 1.59 bits per heavy atom. The number of carbonyl (C=O) groups is 2. The third-order valence-corrected chi connectivity index (χ3v) is 4.23. The van der Waals surface area contributed by atoms with Crippen molar-refractivity contribution in [2.24, 2.45) is 5.73 Å². The summed E-state index contributed by atoms with van der Waals surface area (Å²) in [4.78, 5) is 21.7. The number of aromatic carboxylic acids is 1. The van der Waals surface area contributed by atoms with Gasteiger partial charge in [-0.05, 0) is 29.3 Å². The number of carboxylic acid groups (broad SMARTS) is 1. The van der Waals surface area contributed by atoms with E-state index >= 15 is 0 Å². The third-order valence-electron chi connectivity index (χ3n) is 2.87. The van der Waals surface area contributed by atoms with Gasteiger partial charge in [0.15, 0.2) is 0 Å². The number of nitrogens with two attached hydrogens (primary N) is 1. The highest BCUT2D eigenvalue weighted by molar-refractivity contribution is 7.90. The van der Waals surface area contributed by atoms with E-state index in [0.29, 0.717) is 11.1 Å². The molecule has 2 amide bonds. The molecule has 0 unspecified atom stereocenters. The zero-order chi connectivity index (χ0) is 16.3. The second kappa shape index (κ2) is 5.86. The summed E-state index contributed by atoms with van der Waals surface area (Å²) in [6, 6.07) is 10.6. The molecule has 8 heteroatoms. The second-order valence-electron chi connectivity index (χ2n) is 4.34. The van der Waals surface area contributed by atoms with Crippen LogP contribution in [0.5, 0.6) is 0 Å². The van der Waals surface area contributed by atoms with Crippen LogP contribution in [0.25, 0.3) is 11.1 Å². The number of urea groups is 1. The Bertz CT molecular complexity index is 829. The number of amides is 2. The number of nitrogens with one attached hydrogen (secondary N) is 1. The van der Waals surface area contributed by atoms with Crippen LogP contribution in [0.3, 0.4) is 0 Å². The Hall–Kier alpha value is -2.87. The van der Waals surface area contributed by atoms with Gasteiger partial charge in [0.1, 0.15) is 0 Å². The van der Waals surface area contributed by atoms with Crippen molar-refractivity contribution in [1.82, 2.24) is 4.72 Å². The molecule has 0 aliphatic rings. The van der Waals surface area contributed by atoms with Crippen LogP contribution in [-0.4, -0.2) is 25.5 Å². The van der Waals surface area contributed by atoms with Crippen LogP contribution in [0.1, 0.15) is 10.4 Å². The molecule has 0 fully saturated rings. The van der Waals surface area contributed by atoms with E-state index in [1.54, 1.807) is 22.9 Å². The summed E-state index contributed by atoms with van der Waals surface area (Å²) in [7, 11) is -4.03. The molecule has 2 aromatic rings. The number of carbonyl (C=O) groups excluding carboxylic acids is 1. The minimum atomic E-state index is -4.03. The van der Waals surface area contributed by atoms with Gasteiger partial charge in [0, 0.05) is 0 Å². The smallest absolute Gasteiger partial charge is 0.336 e. The van der Waals surface area contributed by atoms with Crippen molar-refractivity contribution in [3.63, 3.8) is 0 Å². The van der Waals surface area contributed by atoms with Gasteiger partial charge in [0.2, 0.25) is 0 Å². The molecular formula is C14H12N2O5S. The van der Waals surface area contributed by atoms with E-state index in [0.717, 1.165) is 0 Å². The predicted octanol–water partition coefficient (Wildman–Crippen LogP) is 1.41. The first kappa shape index (κ1) is 15.5. The van der Waals surface area contributed by atoms with Gasteiger partial charge in [-0.25, -0.2) is 22.7 Å². The van der Waals surface area contributed by atoms with Gasteiger partial charge in [0.05, 0.1) is 10.5 Å². The predicted molar refractivity (Wildman–Crippen MR) is 78.7 cm³/mol. The van der Waals surface area contributed by atoms with Crippen molar-refractivity contribution in [3.05, 3.63) is 54.1 Å².